The number of likely N-dealkylation sites (tertiary alicyclic amines) is 1. The molecule has 0 radical (unpaired) electrons. The Kier molecular flexibility index (Phi) is 7.20. The number of hydrogen-bond donors (Lipinski definition) is 2. The molecule has 2 saturated heterocycles. The number of amides is 4. The van der Waals surface area contributed by atoms with Crippen molar-refractivity contribution in [2.75, 3.05) is 11.4 Å². The number of carboxylic acid groups (broad SMARTS) is 1. The number of alkyl halides is 2. The van der Waals surface area contributed by atoms with Gasteiger partial charge in [-0.3, -0.25) is 28.9 Å². The molecule has 228 valence electrons. The molecule has 12 heteroatoms. The van der Waals surface area contributed by atoms with Gasteiger partial charge in [0, 0.05) is 18.0 Å². The highest BCUT2D eigenvalue weighted by Gasteiger charge is 2.76. The van der Waals surface area contributed by atoms with Crippen LogP contribution in [0.4, 0.5) is 10.1 Å². The van der Waals surface area contributed by atoms with Crippen LogP contribution in [-0.2, 0) is 30.4 Å². The first kappa shape index (κ1) is 30.0. The summed E-state index contributed by atoms with van der Waals surface area (Å²) in [6, 6.07) is 9.59. The zero-order chi connectivity index (χ0) is 31.7. The van der Waals surface area contributed by atoms with Gasteiger partial charge in [-0.1, -0.05) is 35.9 Å². The number of halogens is 3. The standard InChI is InChI=1S/C32H27Cl2FN2O7/c1-2-4-16-5-3-6-21(26(16)40)25-19-11-12-20-24(28(42)36(27(20)41)14-13-23(38)39)22(19)15-31(33)29(43)37(30(44)32(25,31)34)18-9-7-17(35)8-10-18/h2-3,5-11,20,22,24-25,40H,1,4,12-15H2,(H,38,39). The molecule has 2 aliphatic carbocycles. The summed E-state index contributed by atoms with van der Waals surface area (Å²) in [5.41, 5.74) is 1.21. The second-order valence-corrected chi connectivity index (χ2v) is 12.8. The van der Waals surface area contributed by atoms with Crippen LogP contribution in [0.15, 0.2) is 66.8 Å². The highest BCUT2D eigenvalue weighted by molar-refractivity contribution is 6.58. The quantitative estimate of drug-likeness (QED) is 0.262. The van der Waals surface area contributed by atoms with E-state index in [0.29, 0.717) is 11.1 Å². The third kappa shape index (κ3) is 4.07. The smallest absolute Gasteiger partial charge is 0.305 e. The molecule has 0 aromatic heterocycles. The summed E-state index contributed by atoms with van der Waals surface area (Å²) in [5, 5.41) is 20.7. The molecule has 2 aromatic rings. The largest absolute Gasteiger partial charge is 0.507 e. The minimum atomic E-state index is -2.19. The van der Waals surface area contributed by atoms with E-state index >= 15 is 0 Å². The van der Waals surface area contributed by atoms with Crippen LogP contribution in [-0.4, -0.2) is 61.0 Å². The van der Waals surface area contributed by atoms with Gasteiger partial charge in [-0.05, 0) is 55.0 Å². The maximum Gasteiger partial charge on any atom is 0.305 e. The lowest BCUT2D eigenvalue weighted by Crippen LogP contribution is -2.60. The number of rotatable bonds is 7. The van der Waals surface area contributed by atoms with Crippen LogP contribution in [0.5, 0.6) is 5.75 Å². The molecule has 6 atom stereocenters. The van der Waals surface area contributed by atoms with Gasteiger partial charge in [-0.2, -0.15) is 0 Å². The topological polar surface area (TPSA) is 132 Å². The molecular formula is C32H27Cl2FN2O7. The molecule has 1 saturated carbocycles. The third-order valence-corrected chi connectivity index (χ3v) is 10.8. The SMILES string of the molecule is C=CCc1cccc(C2C3=CCC4C(=O)N(CCC(=O)O)C(=O)C4C3CC3(Cl)C(=O)N(c4ccc(F)cc4)C(=O)C23Cl)c1O. The van der Waals surface area contributed by atoms with Crippen molar-refractivity contribution in [3.63, 3.8) is 0 Å². The summed E-state index contributed by atoms with van der Waals surface area (Å²) in [5.74, 6) is -8.66. The number of para-hydroxylation sites is 1. The molecular weight excluding hydrogens is 614 g/mol. The van der Waals surface area contributed by atoms with E-state index in [2.05, 4.69) is 6.58 Å². The molecule has 4 amide bonds. The Labute approximate surface area is 261 Å². The second-order valence-electron chi connectivity index (χ2n) is 11.6. The fraction of sp³-hybridized carbons (Fsp3) is 0.344. The summed E-state index contributed by atoms with van der Waals surface area (Å²) in [6.45, 7) is 3.42. The molecule has 2 N–H and O–H groups in total. The molecule has 44 heavy (non-hydrogen) atoms. The van der Waals surface area contributed by atoms with Gasteiger partial charge in [0.05, 0.1) is 23.9 Å². The minimum Gasteiger partial charge on any atom is -0.507 e. The number of allylic oxidation sites excluding steroid dienone is 3. The fourth-order valence-corrected chi connectivity index (χ4v) is 8.33. The van der Waals surface area contributed by atoms with Gasteiger partial charge in [0.25, 0.3) is 11.8 Å². The van der Waals surface area contributed by atoms with Gasteiger partial charge in [0.15, 0.2) is 9.75 Å². The van der Waals surface area contributed by atoms with Crippen LogP contribution in [0.1, 0.15) is 36.3 Å². The van der Waals surface area contributed by atoms with Gasteiger partial charge in [0.1, 0.15) is 11.6 Å². The Hall–Kier alpha value is -4.02. The lowest BCUT2D eigenvalue weighted by atomic mass is 9.56. The lowest BCUT2D eigenvalue weighted by Gasteiger charge is -2.50. The number of anilines is 1. The number of nitrogens with zero attached hydrogens (tertiary/aromatic N) is 2. The van der Waals surface area contributed by atoms with Crippen LogP contribution < -0.4 is 4.90 Å². The highest BCUT2D eigenvalue weighted by atomic mass is 35.5. The number of phenolic OH excluding ortho intramolecular Hbond substituents is 1. The number of fused-ring (bicyclic) bond motifs is 4. The average Bonchev–Trinajstić information content (AvgIpc) is 3.31. The van der Waals surface area contributed by atoms with Gasteiger partial charge in [0.2, 0.25) is 11.8 Å². The predicted octanol–water partition coefficient (Wildman–Crippen LogP) is 4.30. The van der Waals surface area contributed by atoms with Crippen molar-refractivity contribution in [3.8, 4) is 5.75 Å². The number of benzene rings is 2. The van der Waals surface area contributed by atoms with Crippen LogP contribution in [0.2, 0.25) is 0 Å². The molecule has 2 aliphatic heterocycles. The van der Waals surface area contributed by atoms with Crippen molar-refractivity contribution in [1.82, 2.24) is 4.90 Å². The van der Waals surface area contributed by atoms with Gasteiger partial charge >= 0.3 is 5.97 Å². The first-order valence-corrected chi connectivity index (χ1v) is 14.8. The van der Waals surface area contributed by atoms with Gasteiger partial charge in [-0.25, -0.2) is 9.29 Å². The van der Waals surface area contributed by atoms with Crippen molar-refractivity contribution >= 4 is 58.5 Å². The number of imide groups is 2. The maximum absolute atomic E-state index is 14.4. The normalized spacial score (nSPS) is 31.0. The highest BCUT2D eigenvalue weighted by Crippen LogP contribution is 2.66. The Morgan fingerprint density at radius 2 is 1.75 bits per heavy atom. The van der Waals surface area contributed by atoms with E-state index in [-0.39, 0.29) is 42.8 Å². The van der Waals surface area contributed by atoms with Crippen molar-refractivity contribution in [2.24, 2.45) is 17.8 Å². The van der Waals surface area contributed by atoms with Crippen LogP contribution >= 0.6 is 23.2 Å². The van der Waals surface area contributed by atoms with Gasteiger partial charge < -0.3 is 10.2 Å². The first-order chi connectivity index (χ1) is 20.9. The third-order valence-electron chi connectivity index (χ3n) is 9.36. The average molecular weight is 641 g/mol. The van der Waals surface area contributed by atoms with E-state index in [4.69, 9.17) is 23.2 Å². The lowest BCUT2D eigenvalue weighted by molar-refractivity contribution is -0.142. The van der Waals surface area contributed by atoms with Crippen molar-refractivity contribution in [2.45, 2.75) is 41.3 Å². The number of phenols is 1. The van der Waals surface area contributed by atoms with Crippen LogP contribution in [0.3, 0.4) is 0 Å². The summed E-state index contributed by atoms with van der Waals surface area (Å²) in [7, 11) is 0. The molecule has 0 bridgehead atoms. The Balaban J connectivity index is 1.54. The minimum absolute atomic E-state index is 0.0426. The van der Waals surface area contributed by atoms with Crippen LogP contribution in [0.25, 0.3) is 0 Å². The zero-order valence-electron chi connectivity index (χ0n) is 23.2. The molecule has 4 aliphatic rings. The molecule has 6 unspecified atom stereocenters. The maximum atomic E-state index is 14.4. The number of aliphatic carboxylic acids is 1. The summed E-state index contributed by atoms with van der Waals surface area (Å²) < 4.78 is 13.8. The summed E-state index contributed by atoms with van der Waals surface area (Å²) >= 11 is 14.6. The van der Waals surface area contributed by atoms with Crippen LogP contribution in [0, 0.1) is 23.6 Å². The second kappa shape index (κ2) is 10.6. The number of carboxylic acids is 1. The van der Waals surface area contributed by atoms with Crippen molar-refractivity contribution < 1.29 is 38.6 Å². The van der Waals surface area contributed by atoms with Gasteiger partial charge in [-0.15, -0.1) is 29.8 Å². The van der Waals surface area contributed by atoms with Crippen molar-refractivity contribution in [3.05, 3.63) is 83.7 Å². The Morgan fingerprint density at radius 3 is 2.41 bits per heavy atom. The molecule has 3 fully saturated rings. The van der Waals surface area contributed by atoms with E-state index in [0.717, 1.165) is 21.9 Å². The molecule has 0 spiro atoms. The van der Waals surface area contributed by atoms with E-state index in [1.807, 2.05) is 0 Å². The van der Waals surface area contributed by atoms with E-state index in [9.17, 15) is 38.6 Å². The number of hydrogen-bond acceptors (Lipinski definition) is 6. The molecule has 2 aromatic carbocycles. The molecule has 9 nitrogen and oxygen atoms in total. The number of carbonyl (C=O) groups excluding carboxylic acids is 4. The van der Waals surface area contributed by atoms with E-state index < -0.39 is 75.3 Å². The monoisotopic (exact) mass is 640 g/mol. The Bertz CT molecular complexity index is 1680. The summed E-state index contributed by atoms with van der Waals surface area (Å²) in [6.07, 6.45) is 2.97. The molecule has 2 heterocycles. The number of carbonyl (C=O) groups is 5. The fourth-order valence-electron chi connectivity index (χ4n) is 7.40. The van der Waals surface area contributed by atoms with E-state index in [1.54, 1.807) is 30.4 Å². The summed E-state index contributed by atoms with van der Waals surface area (Å²) in [4.78, 5) is 64.3. The predicted molar refractivity (Wildman–Crippen MR) is 158 cm³/mol. The van der Waals surface area contributed by atoms with Crippen molar-refractivity contribution in [1.29, 1.82) is 0 Å². The Morgan fingerprint density at radius 1 is 1.05 bits per heavy atom. The number of aromatic hydroxyl groups is 1. The first-order valence-electron chi connectivity index (χ1n) is 14.1. The van der Waals surface area contributed by atoms with E-state index in [1.165, 1.54) is 12.1 Å². The molecule has 6 rings (SSSR count). The zero-order valence-corrected chi connectivity index (χ0v) is 24.7.